The molecule has 2 unspecified atom stereocenters. The summed E-state index contributed by atoms with van der Waals surface area (Å²) < 4.78 is 5.23. The number of nitrogens with one attached hydrogen (secondary N) is 1. The van der Waals surface area contributed by atoms with E-state index < -0.39 is 0 Å². The molecule has 1 aromatic heterocycles. The Balaban J connectivity index is 1.44. The number of piperidine rings is 1. The van der Waals surface area contributed by atoms with Crippen LogP contribution in [0.25, 0.3) is 0 Å². The Morgan fingerprint density at radius 3 is 2.63 bits per heavy atom. The number of amides is 1. The van der Waals surface area contributed by atoms with Gasteiger partial charge in [0.1, 0.15) is 0 Å². The van der Waals surface area contributed by atoms with Crippen LogP contribution in [0.1, 0.15) is 69.3 Å². The first-order valence-electron chi connectivity index (χ1n) is 11.4. The van der Waals surface area contributed by atoms with Crippen molar-refractivity contribution < 1.29 is 9.32 Å². The highest BCUT2D eigenvalue weighted by Crippen LogP contribution is 2.23. The van der Waals surface area contributed by atoms with Crippen LogP contribution < -0.4 is 5.32 Å². The van der Waals surface area contributed by atoms with Gasteiger partial charge in [-0.2, -0.15) is 4.98 Å². The molecule has 6 nitrogen and oxygen atoms in total. The van der Waals surface area contributed by atoms with Gasteiger partial charge in [0.05, 0.1) is 0 Å². The highest BCUT2D eigenvalue weighted by atomic mass is 16.5. The molecule has 1 aliphatic rings. The van der Waals surface area contributed by atoms with Crippen molar-refractivity contribution in [3.8, 4) is 0 Å². The van der Waals surface area contributed by atoms with Gasteiger partial charge in [0, 0.05) is 45.4 Å². The van der Waals surface area contributed by atoms with Gasteiger partial charge in [0.2, 0.25) is 11.8 Å². The molecular formula is C24H36N4O2. The monoisotopic (exact) mass is 412 g/mol. The lowest BCUT2D eigenvalue weighted by molar-refractivity contribution is -0.121. The minimum Gasteiger partial charge on any atom is -0.352 e. The summed E-state index contributed by atoms with van der Waals surface area (Å²) in [6, 6.07) is 8.46. The standard InChI is InChI=1S/C24H36N4O2/c1-4-8-22-26-24(30-27-22)12-7-11-23(29)25-14-20-9-5-6-10-21(20)17-28-15-18(2)13-19(3)16-28/h5-6,9-10,18-19H,4,7-8,11-17H2,1-3H3,(H,25,29). The van der Waals surface area contributed by atoms with Crippen molar-refractivity contribution in [1.29, 1.82) is 0 Å². The number of hydrogen-bond donors (Lipinski definition) is 1. The first-order chi connectivity index (χ1) is 14.5. The van der Waals surface area contributed by atoms with Crippen LogP contribution in [0.3, 0.4) is 0 Å². The Morgan fingerprint density at radius 1 is 1.17 bits per heavy atom. The lowest BCUT2D eigenvalue weighted by Crippen LogP contribution is -2.38. The zero-order chi connectivity index (χ0) is 21.3. The van der Waals surface area contributed by atoms with Gasteiger partial charge in [-0.05, 0) is 42.2 Å². The summed E-state index contributed by atoms with van der Waals surface area (Å²) >= 11 is 0. The highest BCUT2D eigenvalue weighted by Gasteiger charge is 2.22. The predicted octanol–water partition coefficient (Wildman–Crippen LogP) is 4.14. The molecule has 0 radical (unpaired) electrons. The van der Waals surface area contributed by atoms with Crippen LogP contribution in [0.5, 0.6) is 0 Å². The van der Waals surface area contributed by atoms with Gasteiger partial charge in [-0.3, -0.25) is 9.69 Å². The summed E-state index contributed by atoms with van der Waals surface area (Å²) in [5.74, 6) is 2.95. The fourth-order valence-corrected chi connectivity index (χ4v) is 4.45. The van der Waals surface area contributed by atoms with Crippen LogP contribution in [0, 0.1) is 11.8 Å². The third-order valence-corrected chi connectivity index (χ3v) is 5.71. The van der Waals surface area contributed by atoms with Gasteiger partial charge in [-0.15, -0.1) is 0 Å². The second-order valence-electron chi connectivity index (χ2n) is 8.89. The second kappa shape index (κ2) is 11.3. The molecule has 1 saturated heterocycles. The molecule has 2 aromatic rings. The molecule has 3 rings (SSSR count). The van der Waals surface area contributed by atoms with Gasteiger partial charge in [-0.25, -0.2) is 0 Å². The molecule has 0 saturated carbocycles. The molecule has 0 spiro atoms. The largest absolute Gasteiger partial charge is 0.352 e. The lowest BCUT2D eigenvalue weighted by Gasteiger charge is -2.35. The molecule has 2 heterocycles. The maximum atomic E-state index is 12.3. The smallest absolute Gasteiger partial charge is 0.226 e. The molecule has 0 aliphatic carbocycles. The molecule has 1 aromatic carbocycles. The first-order valence-corrected chi connectivity index (χ1v) is 11.4. The van der Waals surface area contributed by atoms with E-state index in [9.17, 15) is 4.79 Å². The van der Waals surface area contributed by atoms with Crippen molar-refractivity contribution in [3.63, 3.8) is 0 Å². The molecule has 6 heteroatoms. The van der Waals surface area contributed by atoms with Crippen molar-refractivity contribution in [2.75, 3.05) is 13.1 Å². The highest BCUT2D eigenvalue weighted by molar-refractivity contribution is 5.75. The Kier molecular flexibility index (Phi) is 8.43. The van der Waals surface area contributed by atoms with Crippen molar-refractivity contribution in [2.24, 2.45) is 11.8 Å². The number of carbonyl (C=O) groups is 1. The van der Waals surface area contributed by atoms with E-state index in [-0.39, 0.29) is 5.91 Å². The fraction of sp³-hybridized carbons (Fsp3) is 0.625. The molecule has 0 bridgehead atoms. The average molecular weight is 413 g/mol. The summed E-state index contributed by atoms with van der Waals surface area (Å²) in [6.07, 6.45) is 4.97. The molecule has 1 fully saturated rings. The van der Waals surface area contributed by atoms with E-state index >= 15 is 0 Å². The van der Waals surface area contributed by atoms with Gasteiger partial charge in [0.15, 0.2) is 5.82 Å². The Morgan fingerprint density at radius 2 is 1.90 bits per heavy atom. The minimum absolute atomic E-state index is 0.0679. The number of carbonyl (C=O) groups excluding carboxylic acids is 1. The van der Waals surface area contributed by atoms with E-state index in [2.05, 4.69) is 65.4 Å². The van der Waals surface area contributed by atoms with E-state index in [0.29, 0.717) is 31.7 Å². The molecule has 1 aliphatic heterocycles. The summed E-state index contributed by atoms with van der Waals surface area (Å²) in [6.45, 7) is 10.6. The zero-order valence-electron chi connectivity index (χ0n) is 18.7. The van der Waals surface area contributed by atoms with Crippen molar-refractivity contribution >= 4 is 5.91 Å². The Bertz CT molecular complexity index is 794. The number of aryl methyl sites for hydroxylation is 2. The zero-order valence-corrected chi connectivity index (χ0v) is 18.7. The van der Waals surface area contributed by atoms with E-state index in [1.807, 2.05) is 0 Å². The molecular weight excluding hydrogens is 376 g/mol. The van der Waals surface area contributed by atoms with Crippen molar-refractivity contribution in [2.45, 2.75) is 72.4 Å². The topological polar surface area (TPSA) is 71.3 Å². The van der Waals surface area contributed by atoms with Gasteiger partial charge >= 0.3 is 0 Å². The maximum Gasteiger partial charge on any atom is 0.226 e. The minimum atomic E-state index is 0.0679. The number of benzene rings is 1. The number of likely N-dealkylation sites (tertiary alicyclic amines) is 1. The molecule has 30 heavy (non-hydrogen) atoms. The maximum absolute atomic E-state index is 12.3. The van der Waals surface area contributed by atoms with Gasteiger partial charge in [0.25, 0.3) is 0 Å². The van der Waals surface area contributed by atoms with Crippen LogP contribution >= 0.6 is 0 Å². The quantitative estimate of drug-likeness (QED) is 0.635. The van der Waals surface area contributed by atoms with Crippen LogP contribution in [0.4, 0.5) is 0 Å². The summed E-state index contributed by atoms with van der Waals surface area (Å²) in [7, 11) is 0. The lowest BCUT2D eigenvalue weighted by atomic mass is 9.91. The normalized spacial score (nSPS) is 19.7. The second-order valence-corrected chi connectivity index (χ2v) is 8.89. The molecule has 2 atom stereocenters. The fourth-order valence-electron chi connectivity index (χ4n) is 4.45. The molecule has 1 N–H and O–H groups in total. The van der Waals surface area contributed by atoms with Crippen molar-refractivity contribution in [3.05, 3.63) is 47.1 Å². The Labute approximate surface area is 180 Å². The van der Waals surface area contributed by atoms with Gasteiger partial charge < -0.3 is 9.84 Å². The van der Waals surface area contributed by atoms with E-state index in [1.165, 1.54) is 17.5 Å². The van der Waals surface area contributed by atoms with E-state index in [1.54, 1.807) is 0 Å². The van der Waals surface area contributed by atoms with Crippen LogP contribution in [0.2, 0.25) is 0 Å². The number of rotatable bonds is 10. The van der Waals surface area contributed by atoms with Crippen LogP contribution in [-0.2, 0) is 30.7 Å². The molecule has 164 valence electrons. The number of hydrogen-bond acceptors (Lipinski definition) is 5. The van der Waals surface area contributed by atoms with E-state index in [0.717, 1.165) is 50.1 Å². The van der Waals surface area contributed by atoms with Crippen LogP contribution in [0.15, 0.2) is 28.8 Å². The average Bonchev–Trinajstić information content (AvgIpc) is 3.14. The summed E-state index contributed by atoms with van der Waals surface area (Å²) in [4.78, 5) is 19.2. The number of nitrogens with zero attached hydrogens (tertiary/aromatic N) is 3. The third kappa shape index (κ3) is 6.94. The van der Waals surface area contributed by atoms with Crippen LogP contribution in [-0.4, -0.2) is 34.0 Å². The van der Waals surface area contributed by atoms with Crippen molar-refractivity contribution in [1.82, 2.24) is 20.4 Å². The summed E-state index contributed by atoms with van der Waals surface area (Å²) in [5.41, 5.74) is 2.52. The predicted molar refractivity (Wildman–Crippen MR) is 118 cm³/mol. The molecule has 1 amide bonds. The number of aromatic nitrogens is 2. The van der Waals surface area contributed by atoms with E-state index in [4.69, 9.17) is 4.52 Å². The third-order valence-electron chi connectivity index (χ3n) is 5.71. The van der Waals surface area contributed by atoms with Gasteiger partial charge in [-0.1, -0.05) is 50.2 Å². The summed E-state index contributed by atoms with van der Waals surface area (Å²) in [5, 5.41) is 7.04. The SMILES string of the molecule is CCCc1noc(CCCC(=O)NCc2ccccc2CN2CC(C)CC(C)C2)n1. The Hall–Kier alpha value is -2.21. The first kappa shape index (κ1) is 22.5.